The van der Waals surface area contributed by atoms with Crippen molar-refractivity contribution in [3.8, 4) is 0 Å². The van der Waals surface area contributed by atoms with Crippen LogP contribution in [0.2, 0.25) is 0 Å². The summed E-state index contributed by atoms with van der Waals surface area (Å²) in [7, 11) is 0. The van der Waals surface area contributed by atoms with Crippen molar-refractivity contribution in [1.29, 1.82) is 0 Å². The van der Waals surface area contributed by atoms with Gasteiger partial charge < -0.3 is 10.1 Å². The molecule has 1 aromatic rings. The van der Waals surface area contributed by atoms with E-state index < -0.39 is 17.8 Å². The molecule has 0 saturated heterocycles. The molecule has 1 atom stereocenters. The van der Waals surface area contributed by atoms with Gasteiger partial charge >= 0.3 is 11.7 Å². The summed E-state index contributed by atoms with van der Waals surface area (Å²) in [4.78, 5) is 25.7. The Morgan fingerprint density at radius 3 is 2.67 bits per heavy atom. The van der Waals surface area contributed by atoms with Gasteiger partial charge in [-0.3, -0.25) is 9.36 Å². The lowest BCUT2D eigenvalue weighted by atomic mass is 9.92. The molecule has 3 rings (SSSR count). The summed E-state index contributed by atoms with van der Waals surface area (Å²) in [5.41, 5.74) is -0.353. The topological polar surface area (TPSA) is 75.1 Å². The highest BCUT2D eigenvalue weighted by molar-refractivity contribution is 5.78. The minimum atomic E-state index is -2.64. The molecule has 2 N–H and O–H groups in total. The van der Waals surface area contributed by atoms with Gasteiger partial charge in [0.15, 0.2) is 0 Å². The molecule has 21 heavy (non-hydrogen) atoms. The largest absolute Gasteiger partial charge is 0.481 e. The van der Waals surface area contributed by atoms with E-state index in [-0.39, 0.29) is 37.4 Å². The summed E-state index contributed by atoms with van der Waals surface area (Å²) in [5.74, 6) is -4.23. The molecule has 7 heteroatoms. The van der Waals surface area contributed by atoms with Crippen molar-refractivity contribution in [1.82, 2.24) is 9.55 Å². The number of fused-ring (bicyclic) bond motifs is 1. The third kappa shape index (κ3) is 2.52. The Morgan fingerprint density at radius 1 is 1.38 bits per heavy atom. The van der Waals surface area contributed by atoms with E-state index in [2.05, 4.69) is 4.98 Å². The lowest BCUT2D eigenvalue weighted by Crippen LogP contribution is -2.40. The number of hydrogen-bond donors (Lipinski definition) is 2. The number of aliphatic carboxylic acids is 1. The average molecular weight is 298 g/mol. The lowest BCUT2D eigenvalue weighted by Gasteiger charge is -2.28. The number of aromatic nitrogens is 2. The second kappa shape index (κ2) is 4.82. The molecule has 0 aliphatic heterocycles. The van der Waals surface area contributed by atoms with E-state index in [4.69, 9.17) is 5.11 Å². The number of carboxylic acids is 1. The SMILES string of the molecule is O=C(O)C1C=c2[nH]c(=O)n(C3CCC(F)(F)CC3)c2=CC1. The van der Waals surface area contributed by atoms with Crippen LogP contribution in [0.3, 0.4) is 0 Å². The van der Waals surface area contributed by atoms with Gasteiger partial charge in [-0.15, -0.1) is 0 Å². The Bertz CT molecular complexity index is 737. The summed E-state index contributed by atoms with van der Waals surface area (Å²) < 4.78 is 28.0. The summed E-state index contributed by atoms with van der Waals surface area (Å²) in [6.07, 6.45) is 3.62. The van der Waals surface area contributed by atoms with Gasteiger partial charge in [-0.05, 0) is 25.3 Å². The quantitative estimate of drug-likeness (QED) is 0.839. The molecule has 2 aliphatic carbocycles. The Kier molecular flexibility index (Phi) is 3.22. The molecule has 5 nitrogen and oxygen atoms in total. The number of carbonyl (C=O) groups is 1. The number of carboxylic acid groups (broad SMARTS) is 1. The van der Waals surface area contributed by atoms with Gasteiger partial charge in [-0.2, -0.15) is 0 Å². The van der Waals surface area contributed by atoms with Crippen LogP contribution < -0.4 is 16.4 Å². The number of aromatic amines is 1. The molecule has 0 aromatic carbocycles. The third-order valence-corrected chi connectivity index (χ3v) is 4.30. The highest BCUT2D eigenvalue weighted by atomic mass is 19.3. The maximum atomic E-state index is 13.2. The Balaban J connectivity index is 1.98. The van der Waals surface area contributed by atoms with Crippen LogP contribution in [0.15, 0.2) is 4.79 Å². The van der Waals surface area contributed by atoms with Crippen molar-refractivity contribution in [2.24, 2.45) is 5.92 Å². The summed E-state index contributed by atoms with van der Waals surface area (Å²) in [6.45, 7) is 0. The second-order valence-corrected chi connectivity index (χ2v) is 5.74. The van der Waals surface area contributed by atoms with Crippen LogP contribution in [0.4, 0.5) is 8.78 Å². The first-order chi connectivity index (χ1) is 9.87. The number of halogens is 2. The summed E-state index contributed by atoms with van der Waals surface area (Å²) in [6, 6.07) is -0.247. The van der Waals surface area contributed by atoms with Crippen molar-refractivity contribution < 1.29 is 18.7 Å². The Labute approximate surface area is 118 Å². The monoisotopic (exact) mass is 298 g/mol. The standard InChI is InChI=1S/C14H16F2N2O3/c15-14(16)5-3-9(4-6-14)18-11-2-1-8(12(19)20)7-10(11)17-13(18)21/h2,7-9H,1,3-6H2,(H,17,21)(H,19,20). The van der Waals surface area contributed by atoms with Crippen LogP contribution in [-0.4, -0.2) is 26.5 Å². The fourth-order valence-electron chi connectivity index (χ4n) is 3.14. The van der Waals surface area contributed by atoms with Gasteiger partial charge in [-0.25, -0.2) is 13.6 Å². The van der Waals surface area contributed by atoms with Gasteiger partial charge in [0.05, 0.1) is 16.6 Å². The van der Waals surface area contributed by atoms with Crippen molar-refractivity contribution in [2.45, 2.75) is 44.1 Å². The van der Waals surface area contributed by atoms with Gasteiger partial charge in [0.2, 0.25) is 5.92 Å². The molecule has 0 spiro atoms. The van der Waals surface area contributed by atoms with E-state index in [0.29, 0.717) is 17.1 Å². The molecule has 2 aliphatic rings. The maximum absolute atomic E-state index is 13.2. The number of nitrogens with one attached hydrogen (secondary N) is 1. The first kappa shape index (κ1) is 14.0. The number of H-pyrrole nitrogens is 1. The average Bonchev–Trinajstić information content (AvgIpc) is 2.74. The molecular weight excluding hydrogens is 282 g/mol. The molecule has 1 fully saturated rings. The van der Waals surface area contributed by atoms with Crippen LogP contribution >= 0.6 is 0 Å². The highest BCUT2D eigenvalue weighted by Gasteiger charge is 2.36. The fourth-order valence-corrected chi connectivity index (χ4v) is 3.14. The first-order valence-corrected chi connectivity index (χ1v) is 7.00. The van der Waals surface area contributed by atoms with Crippen LogP contribution in [0.25, 0.3) is 12.2 Å². The number of hydrogen-bond acceptors (Lipinski definition) is 2. The third-order valence-electron chi connectivity index (χ3n) is 4.30. The zero-order chi connectivity index (χ0) is 15.2. The van der Waals surface area contributed by atoms with Gasteiger partial charge in [0, 0.05) is 18.9 Å². The molecule has 0 amide bonds. The van der Waals surface area contributed by atoms with Crippen molar-refractivity contribution in [2.75, 3.05) is 0 Å². The summed E-state index contributed by atoms with van der Waals surface area (Å²) >= 11 is 0. The van der Waals surface area contributed by atoms with Crippen molar-refractivity contribution in [3.05, 3.63) is 21.2 Å². The number of rotatable bonds is 2. The van der Waals surface area contributed by atoms with Crippen molar-refractivity contribution in [3.63, 3.8) is 0 Å². The molecule has 0 radical (unpaired) electrons. The number of alkyl halides is 2. The van der Waals surface area contributed by atoms with Gasteiger partial charge in [-0.1, -0.05) is 6.08 Å². The number of nitrogens with zero attached hydrogens (tertiary/aromatic N) is 1. The minimum Gasteiger partial charge on any atom is -0.481 e. The Morgan fingerprint density at radius 2 is 2.05 bits per heavy atom. The Hall–Kier alpha value is -1.92. The normalized spacial score (nSPS) is 24.8. The zero-order valence-electron chi connectivity index (χ0n) is 11.3. The van der Waals surface area contributed by atoms with Crippen LogP contribution in [-0.2, 0) is 4.79 Å². The van der Waals surface area contributed by atoms with Crippen LogP contribution in [0.1, 0.15) is 38.1 Å². The molecular formula is C14H16F2N2O3. The molecule has 1 heterocycles. The zero-order valence-corrected chi connectivity index (χ0v) is 11.3. The predicted octanol–water partition coefficient (Wildman–Crippen LogP) is 0.592. The second-order valence-electron chi connectivity index (χ2n) is 5.74. The number of imidazole rings is 1. The van der Waals surface area contributed by atoms with E-state index in [9.17, 15) is 18.4 Å². The van der Waals surface area contributed by atoms with Gasteiger partial charge in [0.1, 0.15) is 0 Å². The molecule has 0 bridgehead atoms. The molecule has 1 unspecified atom stereocenters. The lowest BCUT2D eigenvalue weighted by molar-refractivity contribution is -0.139. The molecule has 1 aromatic heterocycles. The minimum absolute atomic E-state index is 0.217. The highest BCUT2D eigenvalue weighted by Crippen LogP contribution is 2.37. The van der Waals surface area contributed by atoms with E-state index >= 15 is 0 Å². The fraction of sp³-hybridized carbons (Fsp3) is 0.571. The predicted molar refractivity (Wildman–Crippen MR) is 71.4 cm³/mol. The summed E-state index contributed by atoms with van der Waals surface area (Å²) in [5, 5.41) is 10.1. The van der Waals surface area contributed by atoms with E-state index in [1.165, 1.54) is 10.6 Å². The molecule has 1 saturated carbocycles. The first-order valence-electron chi connectivity index (χ1n) is 7.00. The van der Waals surface area contributed by atoms with E-state index in [1.807, 2.05) is 0 Å². The van der Waals surface area contributed by atoms with Crippen molar-refractivity contribution >= 4 is 18.1 Å². The molecule has 114 valence electrons. The van der Waals surface area contributed by atoms with E-state index in [0.717, 1.165) is 0 Å². The van der Waals surface area contributed by atoms with Crippen LogP contribution in [0, 0.1) is 5.92 Å². The van der Waals surface area contributed by atoms with Crippen LogP contribution in [0.5, 0.6) is 0 Å². The van der Waals surface area contributed by atoms with E-state index in [1.54, 1.807) is 6.08 Å². The smallest absolute Gasteiger partial charge is 0.326 e. The van der Waals surface area contributed by atoms with Gasteiger partial charge in [0.25, 0.3) is 0 Å². The maximum Gasteiger partial charge on any atom is 0.326 e.